The molecule has 3 nitrogen and oxygen atoms in total. The predicted molar refractivity (Wildman–Crippen MR) is 50.6 cm³/mol. The van der Waals surface area contributed by atoms with Gasteiger partial charge in [0.1, 0.15) is 0 Å². The number of carboxylic acids is 1. The maximum atomic E-state index is 10.5. The Morgan fingerprint density at radius 1 is 1.33 bits per heavy atom. The van der Waals surface area contributed by atoms with Gasteiger partial charge >= 0.3 is 0 Å². The molecule has 0 saturated carbocycles. The maximum Gasteiger partial charge on any atom is 0.0736 e. The molecule has 2 N–H and O–H groups in total. The van der Waals surface area contributed by atoms with Crippen LogP contribution in [0.25, 0.3) is 0 Å². The van der Waals surface area contributed by atoms with Gasteiger partial charge in [-0.15, -0.1) is 0 Å². The Labute approximate surface area is 85.8 Å². The van der Waals surface area contributed by atoms with E-state index in [1.807, 2.05) is 0 Å². The second kappa shape index (κ2) is 3.45. The van der Waals surface area contributed by atoms with E-state index in [4.69, 9.17) is 5.73 Å². The van der Waals surface area contributed by atoms with Crippen LogP contribution < -0.4 is 10.8 Å². The fourth-order valence-electron chi connectivity index (χ4n) is 0.739. The molecule has 12 heavy (non-hydrogen) atoms. The Balaban J connectivity index is 3.33. The Bertz CT molecular complexity index is 338. The molecule has 1 rings (SSSR count). The molecule has 0 atom stereocenters. The molecule has 1 aromatic carbocycles. The molecular formula is C7H4Br2NO2-. The van der Waals surface area contributed by atoms with Crippen molar-refractivity contribution < 1.29 is 9.90 Å². The highest BCUT2D eigenvalue weighted by atomic mass is 79.9. The Hall–Kier alpha value is -0.550. The Morgan fingerprint density at radius 3 is 2.33 bits per heavy atom. The lowest BCUT2D eigenvalue weighted by Crippen LogP contribution is -2.23. The number of carboxylic acid groups (broad SMARTS) is 1. The second-order valence-corrected chi connectivity index (χ2v) is 3.85. The van der Waals surface area contributed by atoms with Crippen molar-refractivity contribution in [1.29, 1.82) is 0 Å². The monoisotopic (exact) mass is 292 g/mol. The first-order valence-corrected chi connectivity index (χ1v) is 4.57. The summed E-state index contributed by atoms with van der Waals surface area (Å²) in [5, 5.41) is 10.5. The third-order valence-corrected chi connectivity index (χ3v) is 3.16. The van der Waals surface area contributed by atoms with Gasteiger partial charge in [0.05, 0.1) is 5.97 Å². The van der Waals surface area contributed by atoms with Crippen LogP contribution in [0.5, 0.6) is 0 Å². The zero-order chi connectivity index (χ0) is 9.30. The van der Waals surface area contributed by atoms with Crippen LogP contribution in [-0.4, -0.2) is 5.97 Å². The maximum absolute atomic E-state index is 10.5. The average Bonchev–Trinajstić information content (AvgIpc) is 1.96. The van der Waals surface area contributed by atoms with E-state index in [1.54, 1.807) is 0 Å². The molecule has 0 spiro atoms. The first-order chi connectivity index (χ1) is 5.52. The topological polar surface area (TPSA) is 66.2 Å². The zero-order valence-electron chi connectivity index (χ0n) is 5.80. The van der Waals surface area contributed by atoms with Crippen molar-refractivity contribution in [2.24, 2.45) is 0 Å². The zero-order valence-corrected chi connectivity index (χ0v) is 8.98. The second-order valence-electron chi connectivity index (χ2n) is 2.14. The molecule has 0 aliphatic carbocycles. The number of rotatable bonds is 1. The lowest BCUT2D eigenvalue weighted by atomic mass is 10.2. The molecule has 0 aromatic heterocycles. The van der Waals surface area contributed by atoms with Gasteiger partial charge in [-0.2, -0.15) is 0 Å². The summed E-state index contributed by atoms with van der Waals surface area (Å²) in [5.41, 5.74) is 5.60. The molecule has 5 heteroatoms. The fraction of sp³-hybridized carbons (Fsp3) is 0. The minimum atomic E-state index is -1.28. The van der Waals surface area contributed by atoms with Gasteiger partial charge in [-0.05, 0) is 44.0 Å². The van der Waals surface area contributed by atoms with Crippen LogP contribution in [0.1, 0.15) is 10.4 Å². The molecule has 0 fully saturated rings. The van der Waals surface area contributed by atoms with E-state index in [9.17, 15) is 9.90 Å². The van der Waals surface area contributed by atoms with Crippen LogP contribution in [0, 0.1) is 0 Å². The van der Waals surface area contributed by atoms with E-state index in [1.165, 1.54) is 12.1 Å². The molecule has 0 amide bonds. The molecule has 0 radical (unpaired) electrons. The van der Waals surface area contributed by atoms with Gasteiger partial charge in [0.2, 0.25) is 0 Å². The number of hydrogen-bond acceptors (Lipinski definition) is 3. The smallest absolute Gasteiger partial charge is 0.0736 e. The minimum absolute atomic E-state index is 0.00919. The van der Waals surface area contributed by atoms with Gasteiger partial charge < -0.3 is 15.6 Å². The highest BCUT2D eigenvalue weighted by molar-refractivity contribution is 9.13. The number of hydrogen-bond donors (Lipinski definition) is 1. The van der Waals surface area contributed by atoms with Crippen molar-refractivity contribution in [2.75, 3.05) is 5.73 Å². The number of nitrogen functional groups attached to an aromatic ring is 1. The Morgan fingerprint density at radius 2 is 1.83 bits per heavy atom. The van der Waals surface area contributed by atoms with E-state index in [2.05, 4.69) is 31.9 Å². The average molecular weight is 294 g/mol. The molecule has 0 saturated heterocycles. The number of nitrogens with two attached hydrogens (primary N) is 1. The van der Waals surface area contributed by atoms with Gasteiger partial charge in [0, 0.05) is 20.2 Å². The first kappa shape index (κ1) is 9.54. The summed E-state index contributed by atoms with van der Waals surface area (Å²) in [6.07, 6.45) is 0. The van der Waals surface area contributed by atoms with Gasteiger partial charge in [0.15, 0.2) is 0 Å². The van der Waals surface area contributed by atoms with Gasteiger partial charge in [-0.25, -0.2) is 0 Å². The van der Waals surface area contributed by atoms with E-state index in [0.717, 1.165) is 0 Å². The van der Waals surface area contributed by atoms with Crippen LogP contribution in [-0.2, 0) is 0 Å². The summed E-state index contributed by atoms with van der Waals surface area (Å²) in [6.45, 7) is 0. The van der Waals surface area contributed by atoms with Crippen molar-refractivity contribution in [3.8, 4) is 0 Å². The summed E-state index contributed by atoms with van der Waals surface area (Å²) in [7, 11) is 0. The summed E-state index contributed by atoms with van der Waals surface area (Å²) < 4.78 is 1.35. The van der Waals surface area contributed by atoms with Crippen molar-refractivity contribution in [2.45, 2.75) is 0 Å². The van der Waals surface area contributed by atoms with E-state index < -0.39 is 5.97 Å². The summed E-state index contributed by atoms with van der Waals surface area (Å²) >= 11 is 6.34. The van der Waals surface area contributed by atoms with E-state index in [0.29, 0.717) is 8.95 Å². The standard InChI is InChI=1S/C7H5Br2NO2/c8-4-1-3(7(11)12)6(10)2-5(4)9/h1-2H,10H2,(H,11,12)/p-1. The molecule has 0 aliphatic rings. The molecule has 1 aromatic rings. The lowest BCUT2D eigenvalue weighted by Gasteiger charge is -2.07. The normalized spacial score (nSPS) is 9.83. The number of halogens is 2. The minimum Gasteiger partial charge on any atom is -0.545 e. The van der Waals surface area contributed by atoms with Crippen LogP contribution in [0.3, 0.4) is 0 Å². The van der Waals surface area contributed by atoms with E-state index in [-0.39, 0.29) is 11.3 Å². The van der Waals surface area contributed by atoms with Gasteiger partial charge in [-0.1, -0.05) is 0 Å². The highest BCUT2D eigenvalue weighted by Gasteiger charge is 2.04. The molecule has 64 valence electrons. The SMILES string of the molecule is Nc1cc(Br)c(Br)cc1C(=O)[O-]. The van der Waals surface area contributed by atoms with E-state index >= 15 is 0 Å². The summed E-state index contributed by atoms with van der Waals surface area (Å²) in [5.74, 6) is -1.28. The number of carbonyl (C=O) groups is 1. The van der Waals surface area contributed by atoms with Crippen molar-refractivity contribution in [3.05, 3.63) is 26.6 Å². The van der Waals surface area contributed by atoms with Gasteiger partial charge in [-0.3, -0.25) is 0 Å². The molecule has 0 bridgehead atoms. The van der Waals surface area contributed by atoms with Crippen LogP contribution >= 0.6 is 31.9 Å². The summed E-state index contributed by atoms with van der Waals surface area (Å²) in [6, 6.07) is 2.91. The molecular weight excluding hydrogens is 290 g/mol. The molecule has 0 unspecified atom stereocenters. The third kappa shape index (κ3) is 1.78. The number of benzene rings is 1. The largest absolute Gasteiger partial charge is 0.545 e. The van der Waals surface area contributed by atoms with Crippen LogP contribution in [0.2, 0.25) is 0 Å². The predicted octanol–water partition coefficient (Wildman–Crippen LogP) is 1.16. The molecule has 0 heterocycles. The van der Waals surface area contributed by atoms with Crippen molar-refractivity contribution in [1.82, 2.24) is 0 Å². The van der Waals surface area contributed by atoms with Gasteiger partial charge in [0.25, 0.3) is 0 Å². The molecule has 0 aliphatic heterocycles. The number of aromatic carboxylic acids is 1. The summed E-state index contributed by atoms with van der Waals surface area (Å²) in [4.78, 5) is 10.5. The quantitative estimate of drug-likeness (QED) is 0.790. The lowest BCUT2D eigenvalue weighted by molar-refractivity contribution is -0.254. The van der Waals surface area contributed by atoms with Crippen molar-refractivity contribution in [3.63, 3.8) is 0 Å². The number of carbonyl (C=O) groups excluding carboxylic acids is 1. The highest BCUT2D eigenvalue weighted by Crippen LogP contribution is 2.27. The number of anilines is 1. The van der Waals surface area contributed by atoms with Crippen molar-refractivity contribution >= 4 is 43.5 Å². The van der Waals surface area contributed by atoms with Crippen LogP contribution in [0.15, 0.2) is 21.1 Å². The van der Waals surface area contributed by atoms with Crippen LogP contribution in [0.4, 0.5) is 5.69 Å². The third-order valence-electron chi connectivity index (χ3n) is 1.31. The fourth-order valence-corrected chi connectivity index (χ4v) is 1.44. The Kier molecular flexibility index (Phi) is 2.74. The first-order valence-electron chi connectivity index (χ1n) is 2.98.